The summed E-state index contributed by atoms with van der Waals surface area (Å²) in [6, 6.07) is 0. The molecule has 2 N–H and O–H groups in total. The normalized spacial score (nSPS) is 11.5. The number of tetrazole rings is 1. The van der Waals surface area contributed by atoms with Crippen molar-refractivity contribution in [2.45, 2.75) is 52.2 Å². The van der Waals surface area contributed by atoms with Gasteiger partial charge in [-0.2, -0.15) is 0 Å². The Morgan fingerprint density at radius 2 is 2.24 bits per heavy atom. The van der Waals surface area contributed by atoms with Crippen molar-refractivity contribution in [3.63, 3.8) is 0 Å². The summed E-state index contributed by atoms with van der Waals surface area (Å²) in [6.07, 6.45) is 1.56. The van der Waals surface area contributed by atoms with Gasteiger partial charge in [0.15, 0.2) is 5.82 Å². The first kappa shape index (κ1) is 13.4. The van der Waals surface area contributed by atoms with Gasteiger partial charge in [0.1, 0.15) is 5.60 Å². The minimum atomic E-state index is -0.742. The van der Waals surface area contributed by atoms with E-state index in [0.29, 0.717) is 6.42 Å². The molecule has 0 unspecified atom stereocenters. The fourth-order valence-corrected chi connectivity index (χ4v) is 1.64. The second kappa shape index (κ2) is 5.60. The Kier molecular flexibility index (Phi) is 4.42. The van der Waals surface area contributed by atoms with Crippen LogP contribution in [0.3, 0.4) is 0 Å². The smallest absolute Gasteiger partial charge is 0.405 e. The number of carbonyl (C=O) groups excluding carboxylic acids is 1. The summed E-state index contributed by atoms with van der Waals surface area (Å²) in [7, 11) is 0. The Morgan fingerprint density at radius 1 is 1.53 bits per heavy atom. The predicted octanol–water partition coefficient (Wildman–Crippen LogP) is 0.890. The van der Waals surface area contributed by atoms with Crippen LogP contribution in [0.15, 0.2) is 0 Å². The molecule has 96 valence electrons. The third-order valence-corrected chi connectivity index (χ3v) is 2.46. The molecule has 17 heavy (non-hydrogen) atoms. The summed E-state index contributed by atoms with van der Waals surface area (Å²) in [5.41, 5.74) is 4.45. The Labute approximate surface area is 100 Å². The molecule has 0 aliphatic rings. The van der Waals surface area contributed by atoms with E-state index in [-0.39, 0.29) is 0 Å². The Morgan fingerprint density at radius 3 is 2.82 bits per heavy atom. The van der Waals surface area contributed by atoms with Gasteiger partial charge in [-0.05, 0) is 44.0 Å². The number of amides is 1. The zero-order valence-electron chi connectivity index (χ0n) is 10.5. The highest BCUT2D eigenvalue weighted by Gasteiger charge is 2.21. The first-order valence-electron chi connectivity index (χ1n) is 5.68. The second-order valence-electron chi connectivity index (χ2n) is 4.45. The number of ether oxygens (including phenoxy) is 1. The molecule has 7 heteroatoms. The van der Waals surface area contributed by atoms with E-state index >= 15 is 0 Å². The molecule has 1 heterocycles. The van der Waals surface area contributed by atoms with E-state index in [9.17, 15) is 4.79 Å². The van der Waals surface area contributed by atoms with Crippen LogP contribution in [0.1, 0.15) is 39.4 Å². The van der Waals surface area contributed by atoms with E-state index in [0.717, 1.165) is 25.2 Å². The Bertz CT molecular complexity index is 375. The summed E-state index contributed by atoms with van der Waals surface area (Å²) in [4.78, 5) is 10.7. The highest BCUT2D eigenvalue weighted by atomic mass is 16.6. The van der Waals surface area contributed by atoms with Gasteiger partial charge in [-0.15, -0.1) is 5.10 Å². The molecule has 0 saturated heterocycles. The van der Waals surface area contributed by atoms with E-state index < -0.39 is 11.7 Å². The van der Waals surface area contributed by atoms with Gasteiger partial charge >= 0.3 is 6.09 Å². The number of primary amides is 1. The lowest BCUT2D eigenvalue weighted by atomic mass is 10.0. The molecular formula is C10H19N5O2. The lowest BCUT2D eigenvalue weighted by Crippen LogP contribution is -2.31. The standard InChI is InChI=1S/C10H19N5O2/c1-4-15-8(12-13-14-15)6-5-7-10(2,3)17-9(11)16/h4-7H2,1-3H3,(H2,11,16). The van der Waals surface area contributed by atoms with E-state index in [2.05, 4.69) is 15.5 Å². The Hall–Kier alpha value is -1.66. The first-order valence-corrected chi connectivity index (χ1v) is 5.68. The molecule has 0 bridgehead atoms. The maximum absolute atomic E-state index is 10.7. The van der Waals surface area contributed by atoms with Gasteiger partial charge in [-0.1, -0.05) is 0 Å². The number of carbonyl (C=O) groups is 1. The van der Waals surface area contributed by atoms with Crippen LogP contribution >= 0.6 is 0 Å². The molecule has 7 nitrogen and oxygen atoms in total. The number of hydrogen-bond acceptors (Lipinski definition) is 5. The quantitative estimate of drug-likeness (QED) is 0.797. The van der Waals surface area contributed by atoms with Crippen LogP contribution in [-0.2, 0) is 17.7 Å². The number of nitrogens with zero attached hydrogens (tertiary/aromatic N) is 4. The summed E-state index contributed by atoms with van der Waals surface area (Å²) < 4.78 is 6.75. The zero-order chi connectivity index (χ0) is 12.9. The fraction of sp³-hybridized carbons (Fsp3) is 0.800. The van der Waals surface area contributed by atoms with Gasteiger partial charge in [0, 0.05) is 13.0 Å². The monoisotopic (exact) mass is 241 g/mol. The summed E-state index contributed by atoms with van der Waals surface area (Å²) in [5, 5.41) is 11.4. The molecule has 0 aromatic carbocycles. The van der Waals surface area contributed by atoms with Crippen molar-refractivity contribution in [3.8, 4) is 0 Å². The SMILES string of the molecule is CCn1nnnc1CCCC(C)(C)OC(N)=O. The van der Waals surface area contributed by atoms with Gasteiger partial charge in [0.25, 0.3) is 0 Å². The van der Waals surface area contributed by atoms with E-state index in [1.54, 1.807) is 4.68 Å². The van der Waals surface area contributed by atoms with Crippen LogP contribution in [0.4, 0.5) is 4.79 Å². The first-order chi connectivity index (χ1) is 7.94. The molecule has 0 spiro atoms. The fourth-order valence-electron chi connectivity index (χ4n) is 1.64. The van der Waals surface area contributed by atoms with E-state index in [1.165, 1.54) is 0 Å². The van der Waals surface area contributed by atoms with Crippen LogP contribution < -0.4 is 5.73 Å². The predicted molar refractivity (Wildman–Crippen MR) is 61.2 cm³/mol. The molecule has 0 aliphatic carbocycles. The van der Waals surface area contributed by atoms with Crippen molar-refractivity contribution >= 4 is 6.09 Å². The van der Waals surface area contributed by atoms with Crippen molar-refractivity contribution in [2.24, 2.45) is 5.73 Å². The highest BCUT2D eigenvalue weighted by Crippen LogP contribution is 2.17. The van der Waals surface area contributed by atoms with Crippen molar-refractivity contribution in [1.82, 2.24) is 20.2 Å². The van der Waals surface area contributed by atoms with Crippen LogP contribution in [0.5, 0.6) is 0 Å². The molecular weight excluding hydrogens is 222 g/mol. The van der Waals surface area contributed by atoms with Crippen LogP contribution in [0.2, 0.25) is 0 Å². The maximum Gasteiger partial charge on any atom is 0.405 e. The molecule has 0 aliphatic heterocycles. The molecule has 1 amide bonds. The molecule has 1 aromatic heterocycles. The van der Waals surface area contributed by atoms with Crippen molar-refractivity contribution < 1.29 is 9.53 Å². The molecule has 0 saturated carbocycles. The van der Waals surface area contributed by atoms with Gasteiger partial charge < -0.3 is 10.5 Å². The summed E-state index contributed by atoms with van der Waals surface area (Å²) in [6.45, 7) is 6.41. The zero-order valence-corrected chi connectivity index (χ0v) is 10.5. The third-order valence-electron chi connectivity index (χ3n) is 2.46. The molecule has 0 radical (unpaired) electrons. The van der Waals surface area contributed by atoms with Gasteiger partial charge in [0.05, 0.1) is 0 Å². The minimum absolute atomic E-state index is 0.545. The average Bonchev–Trinajstić information content (AvgIpc) is 2.62. The van der Waals surface area contributed by atoms with Crippen LogP contribution in [0.25, 0.3) is 0 Å². The number of nitrogens with two attached hydrogens (primary N) is 1. The molecule has 1 rings (SSSR count). The average molecular weight is 241 g/mol. The van der Waals surface area contributed by atoms with E-state index in [4.69, 9.17) is 10.5 Å². The van der Waals surface area contributed by atoms with Gasteiger partial charge in [-0.3, -0.25) is 0 Å². The minimum Gasteiger partial charge on any atom is -0.444 e. The highest BCUT2D eigenvalue weighted by molar-refractivity contribution is 5.65. The van der Waals surface area contributed by atoms with Gasteiger partial charge in [-0.25, -0.2) is 9.48 Å². The van der Waals surface area contributed by atoms with Gasteiger partial charge in [0.2, 0.25) is 0 Å². The molecule has 0 atom stereocenters. The van der Waals surface area contributed by atoms with E-state index in [1.807, 2.05) is 20.8 Å². The number of hydrogen-bond donors (Lipinski definition) is 1. The lowest BCUT2D eigenvalue weighted by molar-refractivity contribution is 0.0376. The number of aromatic nitrogens is 4. The van der Waals surface area contributed by atoms with Crippen molar-refractivity contribution in [3.05, 3.63) is 5.82 Å². The summed E-state index contributed by atoms with van der Waals surface area (Å²) in [5.74, 6) is 0.849. The van der Waals surface area contributed by atoms with Crippen molar-refractivity contribution in [1.29, 1.82) is 0 Å². The summed E-state index contributed by atoms with van der Waals surface area (Å²) >= 11 is 0. The van der Waals surface area contributed by atoms with Crippen LogP contribution in [-0.4, -0.2) is 31.9 Å². The molecule has 1 aromatic rings. The third kappa shape index (κ3) is 4.38. The van der Waals surface area contributed by atoms with Crippen molar-refractivity contribution in [2.75, 3.05) is 0 Å². The van der Waals surface area contributed by atoms with Crippen LogP contribution in [0, 0.1) is 0 Å². The largest absolute Gasteiger partial charge is 0.444 e. The topological polar surface area (TPSA) is 95.9 Å². The Balaban J connectivity index is 2.39. The number of aryl methyl sites for hydroxylation is 2. The molecule has 0 fully saturated rings. The lowest BCUT2D eigenvalue weighted by Gasteiger charge is -2.23. The number of rotatable bonds is 6. The maximum atomic E-state index is 10.7. The second-order valence-corrected chi connectivity index (χ2v) is 4.45.